The summed E-state index contributed by atoms with van der Waals surface area (Å²) in [7, 11) is 0. The van der Waals surface area contributed by atoms with Gasteiger partial charge in [-0.1, -0.05) is 25.1 Å². The molecule has 3 rings (SSSR count). The number of ether oxygens (including phenoxy) is 1. The fraction of sp³-hybridized carbons (Fsp3) is 0.500. The Morgan fingerprint density at radius 3 is 3.08 bits per heavy atom. The van der Waals surface area contributed by atoms with Crippen LogP contribution in [0, 0.1) is 0 Å². The third-order valence-corrected chi connectivity index (χ3v) is 4.24. The molecule has 0 aliphatic carbocycles. The second-order valence-corrected chi connectivity index (χ2v) is 5.93. The van der Waals surface area contributed by atoms with Crippen molar-refractivity contribution in [2.24, 2.45) is 4.99 Å². The Bertz CT molecular complexity index is 711. The summed E-state index contributed by atoms with van der Waals surface area (Å²) in [5.41, 5.74) is 1.19. The minimum atomic E-state index is 0.212. The molecule has 1 aromatic carbocycles. The van der Waals surface area contributed by atoms with Gasteiger partial charge in [0.05, 0.1) is 19.2 Å². The maximum Gasteiger partial charge on any atom is 0.191 e. The van der Waals surface area contributed by atoms with E-state index in [4.69, 9.17) is 9.73 Å². The predicted molar refractivity (Wildman–Crippen MR) is 97.8 cm³/mol. The number of aromatic nitrogens is 3. The standard InChI is InChI=1S/C18H26N6O/c1-3-17-23-21-13-24(17)11-10-20-18(19-4-2)22-15-9-12-25-16-8-6-5-7-14(15)16/h5-8,13,15H,3-4,9-12H2,1-2H3,(H2,19,20,22). The molecule has 7 nitrogen and oxygen atoms in total. The molecule has 0 bridgehead atoms. The van der Waals surface area contributed by atoms with Gasteiger partial charge >= 0.3 is 0 Å². The highest BCUT2D eigenvalue weighted by molar-refractivity contribution is 5.80. The molecule has 0 saturated carbocycles. The Morgan fingerprint density at radius 2 is 2.24 bits per heavy atom. The lowest BCUT2D eigenvalue weighted by Crippen LogP contribution is -2.41. The molecule has 2 N–H and O–H groups in total. The summed E-state index contributed by atoms with van der Waals surface area (Å²) in [6.45, 7) is 7.14. The molecule has 134 valence electrons. The van der Waals surface area contributed by atoms with Gasteiger partial charge in [-0.25, -0.2) is 0 Å². The van der Waals surface area contributed by atoms with Crippen LogP contribution in [0.5, 0.6) is 5.75 Å². The van der Waals surface area contributed by atoms with E-state index in [2.05, 4.69) is 45.3 Å². The van der Waals surface area contributed by atoms with Gasteiger partial charge in [-0.15, -0.1) is 10.2 Å². The third kappa shape index (κ3) is 4.29. The highest BCUT2D eigenvalue weighted by Gasteiger charge is 2.21. The Morgan fingerprint density at radius 1 is 1.36 bits per heavy atom. The van der Waals surface area contributed by atoms with E-state index in [1.54, 1.807) is 6.33 Å². The predicted octanol–water partition coefficient (Wildman–Crippen LogP) is 1.92. The second kappa shape index (κ2) is 8.50. The Balaban J connectivity index is 1.65. The van der Waals surface area contributed by atoms with Crippen molar-refractivity contribution in [1.29, 1.82) is 0 Å². The van der Waals surface area contributed by atoms with Crippen LogP contribution in [0.1, 0.15) is 37.7 Å². The highest BCUT2D eigenvalue weighted by Crippen LogP contribution is 2.31. The fourth-order valence-corrected chi connectivity index (χ4v) is 2.99. The van der Waals surface area contributed by atoms with Crippen LogP contribution in [0.4, 0.5) is 0 Å². The molecule has 1 atom stereocenters. The summed E-state index contributed by atoms with van der Waals surface area (Å²) in [5, 5.41) is 14.9. The molecule has 2 heterocycles. The number of rotatable bonds is 6. The number of para-hydroxylation sites is 1. The molecule has 0 spiro atoms. The molecular weight excluding hydrogens is 316 g/mol. The number of aliphatic imine (C=N–C) groups is 1. The zero-order valence-electron chi connectivity index (χ0n) is 14.9. The average Bonchev–Trinajstić information content (AvgIpc) is 3.10. The van der Waals surface area contributed by atoms with Crippen LogP contribution in [-0.4, -0.2) is 40.4 Å². The quantitative estimate of drug-likeness (QED) is 0.620. The van der Waals surface area contributed by atoms with E-state index in [9.17, 15) is 0 Å². The van der Waals surface area contributed by atoms with Crippen molar-refractivity contribution in [2.45, 2.75) is 39.3 Å². The molecule has 0 fully saturated rings. The number of benzene rings is 1. The van der Waals surface area contributed by atoms with E-state index >= 15 is 0 Å². The molecule has 7 heteroatoms. The summed E-state index contributed by atoms with van der Waals surface area (Å²) in [6.07, 6.45) is 3.57. The molecule has 1 aliphatic rings. The topological polar surface area (TPSA) is 76.4 Å². The molecule has 0 radical (unpaired) electrons. The fourth-order valence-electron chi connectivity index (χ4n) is 2.99. The number of guanidine groups is 1. The third-order valence-electron chi connectivity index (χ3n) is 4.24. The molecule has 2 aromatic rings. The van der Waals surface area contributed by atoms with Gasteiger partial charge in [-0.2, -0.15) is 0 Å². The molecule has 1 aliphatic heterocycles. The van der Waals surface area contributed by atoms with Gasteiger partial charge in [0.15, 0.2) is 5.96 Å². The number of fused-ring (bicyclic) bond motifs is 1. The number of hydrogen-bond acceptors (Lipinski definition) is 4. The SMILES string of the molecule is CCNC(=NCCn1cnnc1CC)NC1CCOc2ccccc21. The van der Waals surface area contributed by atoms with Crippen LogP contribution < -0.4 is 15.4 Å². The zero-order valence-corrected chi connectivity index (χ0v) is 14.9. The Hall–Kier alpha value is -2.57. The summed E-state index contributed by atoms with van der Waals surface area (Å²) >= 11 is 0. The zero-order chi connectivity index (χ0) is 17.5. The van der Waals surface area contributed by atoms with E-state index in [-0.39, 0.29) is 6.04 Å². The van der Waals surface area contributed by atoms with Crippen LogP contribution in [0.2, 0.25) is 0 Å². The normalized spacial score (nSPS) is 16.9. The Labute approximate surface area is 148 Å². The van der Waals surface area contributed by atoms with E-state index in [1.165, 1.54) is 5.56 Å². The summed E-state index contributed by atoms with van der Waals surface area (Å²) in [5.74, 6) is 2.78. The number of nitrogens with one attached hydrogen (secondary N) is 2. The van der Waals surface area contributed by atoms with Crippen molar-refractivity contribution in [1.82, 2.24) is 25.4 Å². The van der Waals surface area contributed by atoms with Crippen LogP contribution in [-0.2, 0) is 13.0 Å². The largest absolute Gasteiger partial charge is 0.493 e. The summed E-state index contributed by atoms with van der Waals surface area (Å²) in [6, 6.07) is 8.39. The summed E-state index contributed by atoms with van der Waals surface area (Å²) in [4.78, 5) is 4.71. The average molecular weight is 342 g/mol. The lowest BCUT2D eigenvalue weighted by atomic mass is 10.0. The van der Waals surface area contributed by atoms with E-state index in [0.29, 0.717) is 13.2 Å². The van der Waals surface area contributed by atoms with Gasteiger partial charge in [-0.3, -0.25) is 4.99 Å². The van der Waals surface area contributed by atoms with E-state index < -0.39 is 0 Å². The first kappa shape index (κ1) is 17.3. The first-order valence-corrected chi connectivity index (χ1v) is 8.95. The molecule has 1 unspecified atom stereocenters. The monoisotopic (exact) mass is 342 g/mol. The Kier molecular flexibility index (Phi) is 5.87. The highest BCUT2D eigenvalue weighted by atomic mass is 16.5. The van der Waals surface area contributed by atoms with Crippen molar-refractivity contribution < 1.29 is 4.74 Å². The molecule has 0 amide bonds. The van der Waals surface area contributed by atoms with Gasteiger partial charge in [0, 0.05) is 31.5 Å². The summed E-state index contributed by atoms with van der Waals surface area (Å²) < 4.78 is 7.79. The molecule has 25 heavy (non-hydrogen) atoms. The van der Waals surface area contributed by atoms with Crippen molar-refractivity contribution in [2.75, 3.05) is 19.7 Å². The smallest absolute Gasteiger partial charge is 0.191 e. The maximum atomic E-state index is 5.73. The van der Waals surface area contributed by atoms with Gasteiger partial charge in [0.1, 0.15) is 17.9 Å². The van der Waals surface area contributed by atoms with Crippen LogP contribution in [0.25, 0.3) is 0 Å². The van der Waals surface area contributed by atoms with Gasteiger partial charge in [-0.05, 0) is 13.0 Å². The van der Waals surface area contributed by atoms with Crippen molar-refractivity contribution in [3.8, 4) is 5.75 Å². The van der Waals surface area contributed by atoms with Crippen molar-refractivity contribution >= 4 is 5.96 Å². The van der Waals surface area contributed by atoms with Gasteiger partial charge in [0.25, 0.3) is 0 Å². The van der Waals surface area contributed by atoms with E-state index in [0.717, 1.165) is 43.5 Å². The molecule has 1 aromatic heterocycles. The first-order valence-electron chi connectivity index (χ1n) is 8.95. The lowest BCUT2D eigenvalue weighted by molar-refractivity contribution is 0.261. The number of nitrogens with zero attached hydrogens (tertiary/aromatic N) is 4. The number of hydrogen-bond donors (Lipinski definition) is 2. The molecular formula is C18H26N6O. The van der Waals surface area contributed by atoms with Crippen LogP contribution in [0.15, 0.2) is 35.6 Å². The minimum absolute atomic E-state index is 0.212. The lowest BCUT2D eigenvalue weighted by Gasteiger charge is -2.28. The van der Waals surface area contributed by atoms with Crippen LogP contribution >= 0.6 is 0 Å². The van der Waals surface area contributed by atoms with Crippen molar-refractivity contribution in [3.63, 3.8) is 0 Å². The maximum absolute atomic E-state index is 5.73. The van der Waals surface area contributed by atoms with Crippen molar-refractivity contribution in [3.05, 3.63) is 42.0 Å². The second-order valence-electron chi connectivity index (χ2n) is 5.93. The molecule has 0 saturated heterocycles. The number of aryl methyl sites for hydroxylation is 1. The van der Waals surface area contributed by atoms with Gasteiger partial charge in [0.2, 0.25) is 0 Å². The minimum Gasteiger partial charge on any atom is -0.493 e. The first-order chi connectivity index (χ1) is 12.3. The van der Waals surface area contributed by atoms with Gasteiger partial charge < -0.3 is 19.9 Å². The van der Waals surface area contributed by atoms with Crippen LogP contribution in [0.3, 0.4) is 0 Å². The van der Waals surface area contributed by atoms with E-state index in [1.807, 2.05) is 18.2 Å².